The second kappa shape index (κ2) is 5.74. The number of nitrogens with zero attached hydrogens (tertiary/aromatic N) is 3. The van der Waals surface area contributed by atoms with Gasteiger partial charge in [-0.05, 0) is 17.8 Å². The minimum absolute atomic E-state index is 0.0498. The molecular weight excluding hydrogens is 278 g/mol. The lowest BCUT2D eigenvalue weighted by molar-refractivity contribution is -0.399. The lowest BCUT2D eigenvalue weighted by Crippen LogP contribution is -2.16. The molecule has 0 aliphatic heterocycles. The van der Waals surface area contributed by atoms with Gasteiger partial charge in [0.05, 0.1) is 9.85 Å². The molecule has 0 unspecified atom stereocenters. The van der Waals surface area contributed by atoms with E-state index in [4.69, 9.17) is 12.2 Å². The molecule has 0 atom stereocenters. The summed E-state index contributed by atoms with van der Waals surface area (Å²) in [4.78, 5) is 21.9. The Kier molecular flexibility index (Phi) is 4.56. The van der Waals surface area contributed by atoms with Crippen molar-refractivity contribution in [3.8, 4) is 0 Å². The maximum Gasteiger partial charge on any atom is 0.290 e. The van der Waals surface area contributed by atoms with Crippen LogP contribution >= 0.6 is 24.0 Å². The van der Waals surface area contributed by atoms with Gasteiger partial charge < -0.3 is 4.90 Å². The van der Waals surface area contributed by atoms with E-state index in [1.807, 2.05) is 0 Å². The molecule has 0 heterocycles. The third-order valence-electron chi connectivity index (χ3n) is 1.92. The van der Waals surface area contributed by atoms with E-state index in [1.165, 1.54) is 18.2 Å². The summed E-state index contributed by atoms with van der Waals surface area (Å²) in [5, 5.41) is 21.7. The number of hydrogen-bond acceptors (Lipinski definition) is 6. The maximum absolute atomic E-state index is 10.9. The van der Waals surface area contributed by atoms with Crippen LogP contribution in [0.4, 0.5) is 11.4 Å². The van der Waals surface area contributed by atoms with Crippen LogP contribution in [-0.2, 0) is 0 Å². The number of hydrogen-bond donors (Lipinski definition) is 0. The van der Waals surface area contributed by atoms with Gasteiger partial charge in [-0.25, -0.2) is 0 Å². The summed E-state index contributed by atoms with van der Waals surface area (Å²) in [6, 6.07) is 3.71. The van der Waals surface area contributed by atoms with E-state index in [0.29, 0.717) is 4.32 Å². The number of thiocarbonyl (C=S) groups is 1. The van der Waals surface area contributed by atoms with Crippen LogP contribution in [0.1, 0.15) is 0 Å². The van der Waals surface area contributed by atoms with Crippen LogP contribution in [0.25, 0.3) is 0 Å². The predicted molar refractivity (Wildman–Crippen MR) is 71.9 cm³/mol. The highest BCUT2D eigenvalue weighted by Gasteiger charge is 2.26. The fourth-order valence-electron chi connectivity index (χ4n) is 1.08. The van der Waals surface area contributed by atoms with Gasteiger partial charge in [0, 0.05) is 26.2 Å². The molecule has 0 N–H and O–H groups in total. The van der Waals surface area contributed by atoms with Gasteiger partial charge in [-0.1, -0.05) is 12.2 Å². The molecule has 1 aromatic carbocycles. The highest BCUT2D eigenvalue weighted by atomic mass is 32.2. The van der Waals surface area contributed by atoms with Crippen molar-refractivity contribution in [2.24, 2.45) is 0 Å². The molecule has 0 saturated carbocycles. The van der Waals surface area contributed by atoms with Crippen molar-refractivity contribution in [2.75, 3.05) is 14.1 Å². The molecule has 0 amide bonds. The molecule has 0 aromatic heterocycles. The van der Waals surface area contributed by atoms with Crippen LogP contribution in [0.3, 0.4) is 0 Å². The summed E-state index contributed by atoms with van der Waals surface area (Å²) in [7, 11) is 3.33. The smallest absolute Gasteiger partial charge is 0.290 e. The van der Waals surface area contributed by atoms with E-state index < -0.39 is 9.85 Å². The van der Waals surface area contributed by atoms with Crippen LogP contribution in [0.5, 0.6) is 0 Å². The van der Waals surface area contributed by atoms with Crippen molar-refractivity contribution in [1.82, 2.24) is 4.90 Å². The second-order valence-electron chi connectivity index (χ2n) is 3.40. The summed E-state index contributed by atoms with van der Waals surface area (Å²) >= 11 is 5.83. The van der Waals surface area contributed by atoms with Gasteiger partial charge in [-0.15, -0.1) is 0 Å². The Morgan fingerprint density at radius 1 is 1.22 bits per heavy atom. The molecule has 7 nitrogen and oxygen atoms in total. The van der Waals surface area contributed by atoms with Crippen LogP contribution in [0, 0.1) is 20.2 Å². The Balaban J connectivity index is 3.32. The van der Waals surface area contributed by atoms with Crippen LogP contribution in [0.2, 0.25) is 0 Å². The van der Waals surface area contributed by atoms with Gasteiger partial charge >= 0.3 is 0 Å². The van der Waals surface area contributed by atoms with E-state index in [-0.39, 0.29) is 16.3 Å². The molecule has 0 bridgehead atoms. The molecule has 0 spiro atoms. The van der Waals surface area contributed by atoms with Crippen molar-refractivity contribution in [3.63, 3.8) is 0 Å². The summed E-state index contributed by atoms with van der Waals surface area (Å²) in [5.74, 6) is 0. The molecule has 0 saturated heterocycles. The largest absolute Gasteiger partial charge is 0.363 e. The highest BCUT2D eigenvalue weighted by Crippen LogP contribution is 2.38. The molecule has 0 aliphatic rings. The first-order valence-electron chi connectivity index (χ1n) is 4.65. The first-order chi connectivity index (χ1) is 8.34. The van der Waals surface area contributed by atoms with Crippen LogP contribution < -0.4 is 0 Å². The topological polar surface area (TPSA) is 89.5 Å². The standard InChI is InChI=1S/C9H9N3O4S2/c1-10(2)9(17)18-8-6(11(13)14)4-3-5-7(8)12(15)16/h3-5H,1-2H3. The zero-order valence-corrected chi connectivity index (χ0v) is 11.2. The number of thioether (sulfide) groups is 1. The van der Waals surface area contributed by atoms with E-state index in [0.717, 1.165) is 11.8 Å². The van der Waals surface area contributed by atoms with Gasteiger partial charge in [0.1, 0.15) is 4.32 Å². The molecule has 9 heteroatoms. The van der Waals surface area contributed by atoms with E-state index >= 15 is 0 Å². The third-order valence-corrected chi connectivity index (χ3v) is 3.70. The average Bonchev–Trinajstić information content (AvgIpc) is 2.28. The van der Waals surface area contributed by atoms with E-state index in [9.17, 15) is 20.2 Å². The molecule has 96 valence electrons. The molecule has 0 radical (unpaired) electrons. The number of benzene rings is 1. The third kappa shape index (κ3) is 3.14. The number of nitro benzene ring substituents is 2. The van der Waals surface area contributed by atoms with Gasteiger partial charge in [0.2, 0.25) is 0 Å². The Morgan fingerprint density at radius 3 is 2.00 bits per heavy atom. The predicted octanol–water partition coefficient (Wildman–Crippen LogP) is 2.44. The van der Waals surface area contributed by atoms with Gasteiger partial charge in [-0.3, -0.25) is 20.2 Å². The van der Waals surface area contributed by atoms with E-state index in [2.05, 4.69) is 0 Å². The maximum atomic E-state index is 10.9. The fraction of sp³-hybridized carbons (Fsp3) is 0.222. The van der Waals surface area contributed by atoms with Crippen molar-refractivity contribution in [3.05, 3.63) is 38.4 Å². The number of rotatable bonds is 3. The average molecular weight is 287 g/mol. The highest BCUT2D eigenvalue weighted by molar-refractivity contribution is 8.23. The lowest BCUT2D eigenvalue weighted by Gasteiger charge is -2.12. The molecule has 1 rings (SSSR count). The Labute approximate surface area is 112 Å². The SMILES string of the molecule is CN(C)C(=S)Sc1c([N+](=O)[O-])cccc1[N+](=O)[O-]. The van der Waals surface area contributed by atoms with Gasteiger partial charge in [0.25, 0.3) is 11.4 Å². The summed E-state index contributed by atoms with van der Waals surface area (Å²) in [6.07, 6.45) is 0. The first-order valence-corrected chi connectivity index (χ1v) is 5.88. The molecular formula is C9H9N3O4S2. The molecule has 1 aromatic rings. The molecule has 0 aliphatic carbocycles. The second-order valence-corrected chi connectivity index (χ2v) is 5.05. The van der Waals surface area contributed by atoms with Crippen molar-refractivity contribution in [2.45, 2.75) is 4.90 Å². The molecule has 18 heavy (non-hydrogen) atoms. The molecule has 0 fully saturated rings. The quantitative estimate of drug-likeness (QED) is 0.365. The fourth-order valence-corrected chi connectivity index (χ4v) is 2.19. The summed E-state index contributed by atoms with van der Waals surface area (Å²) < 4.78 is 0.312. The van der Waals surface area contributed by atoms with Crippen molar-refractivity contribution < 1.29 is 9.85 Å². The monoisotopic (exact) mass is 287 g/mol. The van der Waals surface area contributed by atoms with Crippen LogP contribution in [0.15, 0.2) is 23.1 Å². The number of nitro groups is 2. The van der Waals surface area contributed by atoms with Crippen molar-refractivity contribution in [1.29, 1.82) is 0 Å². The zero-order chi connectivity index (χ0) is 13.9. The summed E-state index contributed by atoms with van der Waals surface area (Å²) in [6.45, 7) is 0. The first kappa shape index (κ1) is 14.3. The lowest BCUT2D eigenvalue weighted by atomic mass is 10.3. The minimum Gasteiger partial charge on any atom is -0.363 e. The normalized spacial score (nSPS) is 9.89. The zero-order valence-electron chi connectivity index (χ0n) is 9.52. The Hall–Kier alpha value is -1.74. The Morgan fingerprint density at radius 2 is 1.67 bits per heavy atom. The van der Waals surface area contributed by atoms with Gasteiger partial charge in [0.15, 0.2) is 4.90 Å². The van der Waals surface area contributed by atoms with Crippen molar-refractivity contribution >= 4 is 39.7 Å². The minimum atomic E-state index is -0.659. The van der Waals surface area contributed by atoms with E-state index in [1.54, 1.807) is 19.0 Å². The van der Waals surface area contributed by atoms with Gasteiger partial charge in [-0.2, -0.15) is 0 Å². The Bertz CT molecular complexity index is 486. The summed E-state index contributed by atoms with van der Waals surface area (Å²) in [5.41, 5.74) is -0.642. The van der Waals surface area contributed by atoms with Crippen LogP contribution in [-0.4, -0.2) is 33.2 Å².